The molecule has 2 aromatic carbocycles. The molecule has 0 saturated heterocycles. The van der Waals surface area contributed by atoms with Crippen molar-refractivity contribution in [1.82, 2.24) is 0 Å². The van der Waals surface area contributed by atoms with E-state index in [0.717, 1.165) is 10.9 Å². The predicted octanol–water partition coefficient (Wildman–Crippen LogP) is 2.80. The Labute approximate surface area is 107 Å². The van der Waals surface area contributed by atoms with Crippen molar-refractivity contribution in [3.63, 3.8) is 0 Å². The van der Waals surface area contributed by atoms with Crippen LogP contribution in [0.15, 0.2) is 60.7 Å². The average molecular weight is 265 g/mol. The van der Waals surface area contributed by atoms with Crippen LogP contribution in [-0.4, -0.2) is 15.0 Å². The Bertz CT molecular complexity index is 463. The summed E-state index contributed by atoms with van der Waals surface area (Å²) in [7, 11) is -1.29. The summed E-state index contributed by atoms with van der Waals surface area (Å²) in [5.41, 5.74) is 0. The first-order valence-corrected chi connectivity index (χ1v) is 8.11. The van der Waals surface area contributed by atoms with Gasteiger partial charge in [-0.05, 0) is 12.1 Å². The van der Waals surface area contributed by atoms with Gasteiger partial charge in [-0.15, -0.1) is 0 Å². The van der Waals surface area contributed by atoms with Gasteiger partial charge in [0.2, 0.25) is 0 Å². The lowest BCUT2D eigenvalue weighted by molar-refractivity contribution is 0.337. The molecule has 2 rings (SSSR count). The van der Waals surface area contributed by atoms with Gasteiger partial charge in [-0.25, -0.2) is 0 Å². The van der Waals surface area contributed by atoms with Crippen LogP contribution in [0.1, 0.15) is 0 Å². The Morgan fingerprint density at radius 2 is 1.41 bits per heavy atom. The third kappa shape index (κ3) is 2.88. The van der Waals surface area contributed by atoms with Gasteiger partial charge in [-0.2, -0.15) is 0 Å². The van der Waals surface area contributed by atoms with Gasteiger partial charge in [0.1, 0.15) is 5.75 Å². The lowest BCUT2D eigenvalue weighted by atomic mass is 10.3. The molecule has 2 nitrogen and oxygen atoms in total. The maximum Gasteiger partial charge on any atom is 0.541 e. The van der Waals surface area contributed by atoms with Gasteiger partial charge in [0.05, 0.1) is 0 Å². The third-order valence-electron chi connectivity index (χ3n) is 2.37. The fourth-order valence-corrected chi connectivity index (χ4v) is 3.61. The normalized spacial score (nSPS) is 14.0. The van der Waals surface area contributed by atoms with E-state index in [1.165, 1.54) is 0 Å². The first-order chi connectivity index (χ1) is 8.24. The van der Waals surface area contributed by atoms with Crippen LogP contribution >= 0.6 is 11.1 Å². The summed E-state index contributed by atoms with van der Waals surface area (Å²) in [6.45, 7) is 0. The van der Waals surface area contributed by atoms with E-state index in [2.05, 4.69) is 0 Å². The second-order valence-electron chi connectivity index (χ2n) is 3.52. The van der Waals surface area contributed by atoms with E-state index < -0.39 is 7.87 Å². The van der Waals surface area contributed by atoms with Crippen molar-refractivity contribution in [3.8, 4) is 5.75 Å². The molecule has 0 aromatic heterocycles. The van der Waals surface area contributed by atoms with Crippen LogP contribution in [0, 0.1) is 0 Å². The SMILES string of the molecule is CO[Si](Cl)(Oc1ccccc1)c1ccccc1. The van der Waals surface area contributed by atoms with Gasteiger partial charge < -0.3 is 8.85 Å². The summed E-state index contributed by atoms with van der Waals surface area (Å²) in [5, 5.41) is 0.896. The predicted molar refractivity (Wildman–Crippen MR) is 71.8 cm³/mol. The minimum absolute atomic E-state index is 0.722. The second-order valence-corrected chi connectivity index (χ2v) is 7.28. The summed E-state index contributed by atoms with van der Waals surface area (Å²) in [6, 6.07) is 19.1. The fourth-order valence-electron chi connectivity index (χ4n) is 1.50. The minimum Gasteiger partial charge on any atom is -0.507 e. The van der Waals surface area contributed by atoms with Crippen LogP contribution < -0.4 is 9.61 Å². The highest BCUT2D eigenvalue weighted by molar-refractivity contribution is 7.20. The smallest absolute Gasteiger partial charge is 0.507 e. The Hall–Kier alpha value is -1.29. The van der Waals surface area contributed by atoms with Gasteiger partial charge >= 0.3 is 7.87 Å². The third-order valence-corrected chi connectivity index (χ3v) is 5.77. The van der Waals surface area contributed by atoms with Crippen molar-refractivity contribution in [2.75, 3.05) is 7.11 Å². The van der Waals surface area contributed by atoms with E-state index in [0.29, 0.717) is 0 Å². The quantitative estimate of drug-likeness (QED) is 0.625. The molecule has 0 N–H and O–H groups in total. The summed E-state index contributed by atoms with van der Waals surface area (Å²) in [5.74, 6) is 0.722. The number of benzene rings is 2. The average Bonchev–Trinajstić information content (AvgIpc) is 2.41. The molecule has 88 valence electrons. The molecule has 1 atom stereocenters. The zero-order chi connectivity index (χ0) is 12.1. The standard InChI is InChI=1S/C13H13ClO2Si/c1-15-17(14,13-10-6-3-7-11-13)16-12-8-4-2-5-9-12/h2-11H,1H3. The summed E-state index contributed by atoms with van der Waals surface area (Å²) < 4.78 is 11.2. The second kappa shape index (κ2) is 5.36. The van der Waals surface area contributed by atoms with Crippen molar-refractivity contribution in [2.24, 2.45) is 0 Å². The van der Waals surface area contributed by atoms with Crippen LogP contribution in [0.5, 0.6) is 5.75 Å². The molecule has 2 aromatic rings. The minimum atomic E-state index is -2.87. The summed E-state index contributed by atoms with van der Waals surface area (Å²) >= 11 is 6.48. The molecule has 0 aliphatic carbocycles. The van der Waals surface area contributed by atoms with Gasteiger partial charge in [0.15, 0.2) is 0 Å². The lowest BCUT2D eigenvalue weighted by Crippen LogP contribution is -2.50. The first-order valence-electron chi connectivity index (χ1n) is 5.28. The molecule has 0 radical (unpaired) electrons. The molecule has 0 amide bonds. The fraction of sp³-hybridized carbons (Fsp3) is 0.0769. The molecule has 0 spiro atoms. The number of rotatable bonds is 4. The van der Waals surface area contributed by atoms with Crippen LogP contribution in [0.4, 0.5) is 0 Å². The van der Waals surface area contributed by atoms with Crippen molar-refractivity contribution in [1.29, 1.82) is 0 Å². The van der Waals surface area contributed by atoms with Crippen molar-refractivity contribution < 1.29 is 8.85 Å². The van der Waals surface area contributed by atoms with E-state index in [9.17, 15) is 0 Å². The Balaban J connectivity index is 2.27. The van der Waals surface area contributed by atoms with E-state index in [1.54, 1.807) is 7.11 Å². The maximum atomic E-state index is 6.48. The van der Waals surface area contributed by atoms with Gasteiger partial charge in [-0.1, -0.05) is 59.6 Å². The summed E-state index contributed by atoms with van der Waals surface area (Å²) in [4.78, 5) is 0. The molecular weight excluding hydrogens is 252 g/mol. The van der Waals surface area contributed by atoms with E-state index in [1.807, 2.05) is 60.7 Å². The Morgan fingerprint density at radius 3 is 1.94 bits per heavy atom. The highest BCUT2D eigenvalue weighted by Crippen LogP contribution is 2.18. The molecule has 17 heavy (non-hydrogen) atoms. The lowest BCUT2D eigenvalue weighted by Gasteiger charge is -2.23. The van der Waals surface area contributed by atoms with Crippen LogP contribution in [0.2, 0.25) is 0 Å². The van der Waals surface area contributed by atoms with Crippen LogP contribution in [0.3, 0.4) is 0 Å². The van der Waals surface area contributed by atoms with Crippen LogP contribution in [0.25, 0.3) is 0 Å². The van der Waals surface area contributed by atoms with E-state index in [-0.39, 0.29) is 0 Å². The largest absolute Gasteiger partial charge is 0.541 e. The van der Waals surface area contributed by atoms with Crippen molar-refractivity contribution in [3.05, 3.63) is 60.7 Å². The molecule has 1 unspecified atom stereocenters. The molecule has 0 fully saturated rings. The molecule has 0 aliphatic heterocycles. The monoisotopic (exact) mass is 264 g/mol. The number of para-hydroxylation sites is 1. The van der Waals surface area contributed by atoms with E-state index >= 15 is 0 Å². The highest BCUT2D eigenvalue weighted by atomic mass is 35.6. The topological polar surface area (TPSA) is 18.5 Å². The van der Waals surface area contributed by atoms with Crippen LogP contribution in [-0.2, 0) is 4.43 Å². The Kier molecular flexibility index (Phi) is 3.84. The Morgan fingerprint density at radius 1 is 0.882 bits per heavy atom. The summed E-state index contributed by atoms with van der Waals surface area (Å²) in [6.07, 6.45) is 0. The molecular formula is C13H13ClO2Si. The molecule has 0 heterocycles. The zero-order valence-corrected chi connectivity index (χ0v) is 11.2. The van der Waals surface area contributed by atoms with Crippen molar-refractivity contribution >= 4 is 24.1 Å². The maximum absolute atomic E-state index is 6.48. The number of halogens is 1. The van der Waals surface area contributed by atoms with Gasteiger partial charge in [-0.3, -0.25) is 0 Å². The number of hydrogen-bond acceptors (Lipinski definition) is 2. The highest BCUT2D eigenvalue weighted by Gasteiger charge is 2.39. The molecule has 0 bridgehead atoms. The first kappa shape index (κ1) is 12.2. The number of hydrogen-bond donors (Lipinski definition) is 0. The molecule has 4 heteroatoms. The van der Waals surface area contributed by atoms with E-state index in [4.69, 9.17) is 19.9 Å². The van der Waals surface area contributed by atoms with Gasteiger partial charge in [0.25, 0.3) is 0 Å². The molecule has 0 aliphatic rings. The zero-order valence-electron chi connectivity index (χ0n) is 9.47. The molecule has 0 saturated carbocycles. The van der Waals surface area contributed by atoms with Gasteiger partial charge in [0, 0.05) is 12.3 Å². The van der Waals surface area contributed by atoms with Crippen molar-refractivity contribution in [2.45, 2.75) is 0 Å².